The van der Waals surface area contributed by atoms with Crippen LogP contribution in [0.3, 0.4) is 0 Å². The van der Waals surface area contributed by atoms with E-state index in [2.05, 4.69) is 45.8 Å². The number of nitrogens with zero attached hydrogens (tertiary/aromatic N) is 1. The summed E-state index contributed by atoms with van der Waals surface area (Å²) in [5.74, 6) is 0. The molecule has 3 radical (unpaired) electrons. The van der Waals surface area contributed by atoms with Crippen molar-refractivity contribution in [2.45, 2.75) is 39.0 Å². The van der Waals surface area contributed by atoms with Crippen molar-refractivity contribution in [3.05, 3.63) is 0 Å². The topological polar surface area (TPSA) is 15.3 Å². The summed E-state index contributed by atoms with van der Waals surface area (Å²) in [5.41, 5.74) is 0. The molecule has 75 valence electrons. The Labute approximate surface area is 87.6 Å². The largest absolute Gasteiger partial charge is 0.364 e. The Morgan fingerprint density at radius 3 is 1.92 bits per heavy atom. The number of hydrogen-bond acceptors (Lipinski definition) is 2. The Hall–Kier alpha value is 0.571. The van der Waals surface area contributed by atoms with Gasteiger partial charge in [-0.1, -0.05) is 26.2 Å². The molecule has 1 fully saturated rings. The Kier molecular flexibility index (Phi) is 3.56. The van der Waals surface area contributed by atoms with E-state index in [0.29, 0.717) is 0 Å². The van der Waals surface area contributed by atoms with Gasteiger partial charge in [0, 0.05) is 0 Å². The summed E-state index contributed by atoms with van der Waals surface area (Å²) < 4.78 is 6.19. The lowest BCUT2D eigenvalue weighted by Gasteiger charge is -2.44. The Balaban J connectivity index is 2.73. The third kappa shape index (κ3) is 2.15. The lowest BCUT2D eigenvalue weighted by Crippen LogP contribution is -2.71. The second-order valence-electron chi connectivity index (χ2n) is 5.00. The zero-order valence-electron chi connectivity index (χ0n) is 9.28. The van der Waals surface area contributed by atoms with Crippen LogP contribution in [0.15, 0.2) is 0 Å². The minimum atomic E-state index is -1.24. The third-order valence-corrected chi connectivity index (χ3v) is 22.6. The Bertz CT molecular complexity index is 176. The van der Waals surface area contributed by atoms with Crippen molar-refractivity contribution >= 4 is 25.9 Å². The number of rotatable bonds is 3. The van der Waals surface area contributed by atoms with Crippen LogP contribution in [0.1, 0.15) is 12.8 Å². The minimum Gasteiger partial charge on any atom is -0.364 e. The molecule has 5 heteroatoms. The van der Waals surface area contributed by atoms with E-state index < -0.39 is 15.5 Å². The first-order chi connectivity index (χ1) is 5.92. The van der Waals surface area contributed by atoms with Gasteiger partial charge in [0.05, 0.1) is 0 Å². The normalized spacial score (nSPS) is 21.0. The molecule has 0 spiro atoms. The fraction of sp³-hybridized carbons (Fsp3) is 1.00. The summed E-state index contributed by atoms with van der Waals surface area (Å²) in [7, 11) is 1.10. The molecule has 0 atom stereocenters. The molecule has 1 N–H and O–H groups in total. The first kappa shape index (κ1) is 11.6. The van der Waals surface area contributed by atoms with E-state index >= 15 is 0 Å². The smallest absolute Gasteiger partial charge is 0.132 e. The molecular weight excluding hydrogens is 208 g/mol. The summed E-state index contributed by atoms with van der Waals surface area (Å²) in [6, 6.07) is 0. The molecule has 0 aromatic carbocycles. The zero-order valence-corrected chi connectivity index (χ0v) is 12.3. The van der Waals surface area contributed by atoms with E-state index in [0.717, 1.165) is 0 Å². The molecule has 1 aliphatic rings. The van der Waals surface area contributed by atoms with E-state index in [1.54, 1.807) is 0 Å². The van der Waals surface area contributed by atoms with Crippen molar-refractivity contribution in [2.75, 3.05) is 13.1 Å². The van der Waals surface area contributed by atoms with Gasteiger partial charge in [-0.2, -0.15) is 0 Å². The average molecular weight is 230 g/mol. The predicted molar refractivity (Wildman–Crippen MR) is 64.7 cm³/mol. The van der Waals surface area contributed by atoms with Crippen LogP contribution in [-0.2, 0) is 0 Å². The van der Waals surface area contributed by atoms with Crippen LogP contribution < -0.4 is 4.65 Å². The quantitative estimate of drug-likeness (QED) is 0.733. The van der Waals surface area contributed by atoms with Gasteiger partial charge >= 0.3 is 0 Å². The second kappa shape index (κ2) is 3.98. The highest BCUT2D eigenvalue weighted by Crippen LogP contribution is 2.24. The molecule has 0 amide bonds. The first-order valence-corrected chi connectivity index (χ1v) is 12.6. The van der Waals surface area contributed by atoms with Gasteiger partial charge in [0.25, 0.3) is 0 Å². The van der Waals surface area contributed by atoms with Gasteiger partial charge in [-0.15, -0.1) is 0 Å². The molecule has 1 rings (SSSR count). The molecule has 2 nitrogen and oxygen atoms in total. The molecule has 0 bridgehead atoms. The van der Waals surface area contributed by atoms with Crippen LogP contribution in [0.4, 0.5) is 0 Å². The van der Waals surface area contributed by atoms with Crippen molar-refractivity contribution < 1.29 is 0 Å². The van der Waals surface area contributed by atoms with E-state index in [1.165, 1.54) is 25.9 Å². The lowest BCUT2D eigenvalue weighted by molar-refractivity contribution is 0.531. The molecule has 0 aliphatic carbocycles. The van der Waals surface area contributed by atoms with Crippen molar-refractivity contribution in [3.8, 4) is 0 Å². The summed E-state index contributed by atoms with van der Waals surface area (Å²) in [4.78, 5) is 0. The van der Waals surface area contributed by atoms with Gasteiger partial charge in [-0.3, -0.25) is 0 Å². The van der Waals surface area contributed by atoms with Crippen LogP contribution in [0.2, 0.25) is 26.2 Å². The highest BCUT2D eigenvalue weighted by Gasteiger charge is 2.45. The van der Waals surface area contributed by atoms with Crippen LogP contribution in [0.25, 0.3) is 0 Å². The highest BCUT2D eigenvalue weighted by atomic mass is 29.3. The highest BCUT2D eigenvalue weighted by molar-refractivity contribution is 7.39. The minimum absolute atomic E-state index is 1.19. The number of nitrogens with one attached hydrogen (secondary N) is 1. The monoisotopic (exact) mass is 229 g/mol. The van der Waals surface area contributed by atoms with E-state index in [4.69, 9.17) is 0 Å². The summed E-state index contributed by atoms with van der Waals surface area (Å²) >= 11 is 0. The molecule has 1 heterocycles. The molecule has 1 aliphatic heterocycles. The molecule has 1 saturated heterocycles. The SMILES string of the molecule is C[Si](C)(N[Si])[Si](C)(C)N1CCCC1. The van der Waals surface area contributed by atoms with E-state index in [-0.39, 0.29) is 0 Å². The maximum Gasteiger partial charge on any atom is 0.132 e. The maximum atomic E-state index is 3.52. The van der Waals surface area contributed by atoms with Crippen LogP contribution in [0, 0.1) is 0 Å². The van der Waals surface area contributed by atoms with Crippen LogP contribution in [-0.4, -0.2) is 43.6 Å². The molecular formula is C8H21N2Si3. The molecule has 0 saturated carbocycles. The van der Waals surface area contributed by atoms with Crippen LogP contribution >= 0.6 is 0 Å². The zero-order chi connectivity index (χ0) is 10.1. The Morgan fingerprint density at radius 1 is 1.08 bits per heavy atom. The van der Waals surface area contributed by atoms with Crippen molar-refractivity contribution in [1.29, 1.82) is 0 Å². The predicted octanol–water partition coefficient (Wildman–Crippen LogP) is 1.24. The van der Waals surface area contributed by atoms with Gasteiger partial charge < -0.3 is 9.21 Å². The first-order valence-electron chi connectivity index (χ1n) is 5.11. The summed E-state index contributed by atoms with van der Waals surface area (Å²) in [5, 5.41) is 0. The maximum absolute atomic E-state index is 3.52. The second-order valence-corrected chi connectivity index (χ2v) is 20.4. The van der Waals surface area contributed by atoms with Crippen LogP contribution in [0.5, 0.6) is 0 Å². The standard InChI is InChI=1S/C8H21N2Si3/c1-12(2,9-11)13(3,4)10-7-5-6-8-10/h9H,5-8H2,1-4H3. The molecule has 0 unspecified atom stereocenters. The molecule has 0 aromatic rings. The van der Waals surface area contributed by atoms with Gasteiger partial charge in [0.15, 0.2) is 0 Å². The fourth-order valence-corrected chi connectivity index (χ4v) is 11.1. The molecule has 13 heavy (non-hydrogen) atoms. The summed E-state index contributed by atoms with van der Waals surface area (Å²) in [6.45, 7) is 12.6. The fourth-order valence-electron chi connectivity index (χ4n) is 1.82. The third-order valence-electron chi connectivity index (χ3n) is 3.74. The van der Waals surface area contributed by atoms with Crippen molar-refractivity contribution in [2.24, 2.45) is 0 Å². The Morgan fingerprint density at radius 2 is 1.54 bits per heavy atom. The van der Waals surface area contributed by atoms with Gasteiger partial charge in [-0.05, 0) is 25.9 Å². The van der Waals surface area contributed by atoms with Crippen molar-refractivity contribution in [1.82, 2.24) is 9.21 Å². The van der Waals surface area contributed by atoms with Gasteiger partial charge in [-0.25, -0.2) is 0 Å². The number of hydrogen-bond donors (Lipinski definition) is 1. The van der Waals surface area contributed by atoms with E-state index in [1.807, 2.05) is 0 Å². The molecule has 0 aromatic heterocycles. The summed E-state index contributed by atoms with van der Waals surface area (Å²) in [6.07, 6.45) is 2.81. The van der Waals surface area contributed by atoms with Gasteiger partial charge in [0.2, 0.25) is 0 Å². The lowest BCUT2D eigenvalue weighted by atomic mass is 10.4. The van der Waals surface area contributed by atoms with Gasteiger partial charge in [0.1, 0.15) is 25.9 Å². The van der Waals surface area contributed by atoms with E-state index in [9.17, 15) is 0 Å². The average Bonchev–Trinajstić information content (AvgIpc) is 2.56. The van der Waals surface area contributed by atoms with Crippen molar-refractivity contribution in [3.63, 3.8) is 0 Å².